The van der Waals surface area contributed by atoms with Gasteiger partial charge in [-0.3, -0.25) is 9.88 Å². The first kappa shape index (κ1) is 12.3. The van der Waals surface area contributed by atoms with Crippen LogP contribution in [0.5, 0.6) is 0 Å². The average Bonchev–Trinajstić information content (AvgIpc) is 2.34. The Morgan fingerprint density at radius 1 is 1.41 bits per heavy atom. The molecule has 1 aliphatic heterocycles. The fraction of sp³-hybridized carbons (Fsp3) is 0.667. The van der Waals surface area contributed by atoms with Gasteiger partial charge in [-0.15, -0.1) is 0 Å². The largest absolute Gasteiger partial charge is 0.307 e. The number of nitrogen functional groups attached to an aromatic ring is 1. The molecule has 0 saturated carbocycles. The molecule has 1 aromatic rings. The van der Waals surface area contributed by atoms with E-state index in [0.717, 1.165) is 24.7 Å². The molecule has 0 radical (unpaired) electrons. The maximum absolute atomic E-state index is 5.26. The minimum atomic E-state index is 0.606. The van der Waals surface area contributed by atoms with Crippen molar-refractivity contribution in [2.45, 2.75) is 39.3 Å². The number of hydrogen-bond donors (Lipinski definition) is 2. The van der Waals surface area contributed by atoms with Gasteiger partial charge in [-0.25, -0.2) is 10.8 Å². The molecule has 2 rings (SSSR count). The molecular weight excluding hydrogens is 214 g/mol. The van der Waals surface area contributed by atoms with Crippen LogP contribution >= 0.6 is 0 Å². The van der Waals surface area contributed by atoms with E-state index in [1.54, 1.807) is 12.4 Å². The zero-order chi connectivity index (χ0) is 12.3. The summed E-state index contributed by atoms with van der Waals surface area (Å²) in [6, 6.07) is 0.632. The number of anilines is 1. The number of rotatable bonds is 3. The summed E-state index contributed by atoms with van der Waals surface area (Å²) in [5.74, 6) is 6.71. The highest BCUT2D eigenvalue weighted by atomic mass is 15.3. The Morgan fingerprint density at radius 3 is 2.82 bits per heavy atom. The van der Waals surface area contributed by atoms with Crippen molar-refractivity contribution in [3.8, 4) is 0 Å². The highest BCUT2D eigenvalue weighted by molar-refractivity contribution is 5.28. The normalized spacial score (nSPS) is 25.8. The molecule has 1 aromatic heterocycles. The summed E-state index contributed by atoms with van der Waals surface area (Å²) in [4.78, 5) is 11.0. The molecular formula is C12H21N5. The summed E-state index contributed by atoms with van der Waals surface area (Å²) < 4.78 is 0. The van der Waals surface area contributed by atoms with Gasteiger partial charge in [0.25, 0.3) is 0 Å². The van der Waals surface area contributed by atoms with Gasteiger partial charge in [0.15, 0.2) is 5.82 Å². The Bertz CT molecular complexity index is 350. The van der Waals surface area contributed by atoms with Gasteiger partial charge in [-0.2, -0.15) is 0 Å². The van der Waals surface area contributed by atoms with Crippen LogP contribution in [-0.4, -0.2) is 27.5 Å². The second kappa shape index (κ2) is 5.42. The van der Waals surface area contributed by atoms with Crippen LogP contribution in [0.2, 0.25) is 0 Å². The van der Waals surface area contributed by atoms with Gasteiger partial charge in [0, 0.05) is 12.6 Å². The third-order valence-corrected chi connectivity index (χ3v) is 3.49. The first-order valence-corrected chi connectivity index (χ1v) is 6.20. The Hall–Kier alpha value is -1.20. The molecule has 3 N–H and O–H groups in total. The van der Waals surface area contributed by atoms with Gasteiger partial charge in [-0.05, 0) is 32.2 Å². The van der Waals surface area contributed by atoms with E-state index < -0.39 is 0 Å². The highest BCUT2D eigenvalue weighted by Crippen LogP contribution is 2.23. The second-order valence-electron chi connectivity index (χ2n) is 4.99. The fourth-order valence-electron chi connectivity index (χ4n) is 2.41. The second-order valence-corrected chi connectivity index (χ2v) is 4.99. The van der Waals surface area contributed by atoms with Crippen molar-refractivity contribution in [2.75, 3.05) is 12.0 Å². The molecule has 0 aromatic carbocycles. The van der Waals surface area contributed by atoms with Gasteiger partial charge in [-0.1, -0.05) is 6.92 Å². The molecule has 1 fully saturated rings. The number of nitrogens with zero attached hydrogens (tertiary/aromatic N) is 3. The van der Waals surface area contributed by atoms with Gasteiger partial charge in [0.05, 0.1) is 18.1 Å². The van der Waals surface area contributed by atoms with Crippen LogP contribution in [0.25, 0.3) is 0 Å². The van der Waals surface area contributed by atoms with Crippen LogP contribution < -0.4 is 11.3 Å². The van der Waals surface area contributed by atoms with Crippen molar-refractivity contribution < 1.29 is 0 Å². The van der Waals surface area contributed by atoms with Crippen molar-refractivity contribution >= 4 is 5.82 Å². The number of aromatic nitrogens is 2. The first-order chi connectivity index (χ1) is 8.19. The SMILES string of the molecule is CC1CCN(Cc2cnc(NN)cn2)C(C)C1. The van der Waals surface area contributed by atoms with E-state index in [4.69, 9.17) is 5.84 Å². The van der Waals surface area contributed by atoms with Crippen LogP contribution in [0.4, 0.5) is 5.82 Å². The zero-order valence-electron chi connectivity index (χ0n) is 10.6. The van der Waals surface area contributed by atoms with E-state index >= 15 is 0 Å². The smallest absolute Gasteiger partial charge is 0.158 e. The molecule has 0 bridgehead atoms. The summed E-state index contributed by atoms with van der Waals surface area (Å²) in [5, 5.41) is 0. The number of likely N-dealkylation sites (tertiary alicyclic amines) is 1. The van der Waals surface area contributed by atoms with Crippen molar-refractivity contribution in [1.29, 1.82) is 0 Å². The Balaban J connectivity index is 1.95. The lowest BCUT2D eigenvalue weighted by Crippen LogP contribution is -2.39. The van der Waals surface area contributed by atoms with Crippen molar-refractivity contribution in [1.82, 2.24) is 14.9 Å². The number of piperidine rings is 1. The maximum atomic E-state index is 5.26. The van der Waals surface area contributed by atoms with E-state index in [9.17, 15) is 0 Å². The van der Waals surface area contributed by atoms with Gasteiger partial charge < -0.3 is 5.43 Å². The Morgan fingerprint density at radius 2 is 2.24 bits per heavy atom. The van der Waals surface area contributed by atoms with Crippen LogP contribution in [0.15, 0.2) is 12.4 Å². The molecule has 17 heavy (non-hydrogen) atoms. The minimum absolute atomic E-state index is 0.606. The highest BCUT2D eigenvalue weighted by Gasteiger charge is 2.22. The van der Waals surface area contributed by atoms with Crippen LogP contribution in [0, 0.1) is 5.92 Å². The number of hydrazine groups is 1. The van der Waals surface area contributed by atoms with Gasteiger partial charge in [0.2, 0.25) is 0 Å². The summed E-state index contributed by atoms with van der Waals surface area (Å²) in [5.41, 5.74) is 3.49. The third-order valence-electron chi connectivity index (χ3n) is 3.49. The molecule has 0 amide bonds. The molecule has 5 nitrogen and oxygen atoms in total. The quantitative estimate of drug-likeness (QED) is 0.612. The van der Waals surface area contributed by atoms with Crippen LogP contribution in [0.3, 0.4) is 0 Å². The molecule has 2 heterocycles. The first-order valence-electron chi connectivity index (χ1n) is 6.20. The fourth-order valence-corrected chi connectivity index (χ4v) is 2.41. The molecule has 0 aliphatic carbocycles. The van der Waals surface area contributed by atoms with Gasteiger partial charge >= 0.3 is 0 Å². The van der Waals surface area contributed by atoms with E-state index in [0.29, 0.717) is 11.9 Å². The minimum Gasteiger partial charge on any atom is -0.307 e. The van der Waals surface area contributed by atoms with Crippen molar-refractivity contribution in [2.24, 2.45) is 11.8 Å². The summed E-state index contributed by atoms with van der Waals surface area (Å²) >= 11 is 0. The van der Waals surface area contributed by atoms with E-state index in [1.807, 2.05) is 0 Å². The van der Waals surface area contributed by atoms with Crippen molar-refractivity contribution in [3.63, 3.8) is 0 Å². The summed E-state index contributed by atoms with van der Waals surface area (Å²) in [6.45, 7) is 6.65. The number of hydrogen-bond acceptors (Lipinski definition) is 5. The standard InChI is InChI=1S/C12H21N5/c1-9-3-4-17(10(2)5-9)8-11-6-15-12(16-13)7-14-11/h6-7,9-10H,3-5,8,13H2,1-2H3,(H,15,16). The third kappa shape index (κ3) is 3.14. The van der Waals surface area contributed by atoms with Crippen LogP contribution in [-0.2, 0) is 6.54 Å². The maximum Gasteiger partial charge on any atom is 0.158 e. The van der Waals surface area contributed by atoms with E-state index in [-0.39, 0.29) is 0 Å². The summed E-state index contributed by atoms with van der Waals surface area (Å²) in [6.07, 6.45) is 6.02. The molecule has 2 unspecified atom stereocenters. The lowest BCUT2D eigenvalue weighted by molar-refractivity contribution is 0.120. The number of nitrogens with two attached hydrogens (primary N) is 1. The van der Waals surface area contributed by atoms with Crippen molar-refractivity contribution in [3.05, 3.63) is 18.1 Å². The number of nitrogens with one attached hydrogen (secondary N) is 1. The van der Waals surface area contributed by atoms with E-state index in [1.165, 1.54) is 12.8 Å². The average molecular weight is 235 g/mol. The molecule has 1 aliphatic rings. The van der Waals surface area contributed by atoms with Crippen LogP contribution in [0.1, 0.15) is 32.4 Å². The zero-order valence-corrected chi connectivity index (χ0v) is 10.6. The Labute approximate surface area is 102 Å². The molecule has 0 spiro atoms. The molecule has 94 valence electrons. The van der Waals surface area contributed by atoms with Gasteiger partial charge in [0.1, 0.15) is 0 Å². The molecule has 5 heteroatoms. The topological polar surface area (TPSA) is 67.1 Å². The monoisotopic (exact) mass is 235 g/mol. The molecule has 1 saturated heterocycles. The molecule has 2 atom stereocenters. The Kier molecular flexibility index (Phi) is 3.91. The lowest BCUT2D eigenvalue weighted by atomic mass is 9.93. The predicted molar refractivity (Wildman–Crippen MR) is 68.1 cm³/mol. The predicted octanol–water partition coefficient (Wildman–Crippen LogP) is 1.38. The van der Waals surface area contributed by atoms with E-state index in [2.05, 4.69) is 34.1 Å². The summed E-state index contributed by atoms with van der Waals surface area (Å²) in [7, 11) is 0. The lowest BCUT2D eigenvalue weighted by Gasteiger charge is -2.36.